The van der Waals surface area contributed by atoms with Crippen LogP contribution in [0, 0.1) is 0 Å². The normalized spacial score (nSPS) is 10.4. The lowest BCUT2D eigenvalue weighted by molar-refractivity contribution is -0.143. The van der Waals surface area contributed by atoms with Gasteiger partial charge >= 0.3 is 5.97 Å². The number of benzene rings is 1. The van der Waals surface area contributed by atoms with Crippen molar-refractivity contribution < 1.29 is 14.3 Å². The highest BCUT2D eigenvalue weighted by molar-refractivity contribution is 5.69. The number of rotatable bonds is 7. The maximum atomic E-state index is 11.4. The predicted octanol–water partition coefficient (Wildman–Crippen LogP) is 2.44. The van der Waals surface area contributed by atoms with Crippen LogP contribution in [0.1, 0.15) is 24.6 Å². The summed E-state index contributed by atoms with van der Waals surface area (Å²) in [6.07, 6.45) is 2.77. The molecule has 1 aromatic carbocycles. The molecule has 112 valence electrons. The number of ether oxygens (including phenoxy) is 2. The first kappa shape index (κ1) is 15.1. The molecule has 2 aromatic rings. The van der Waals surface area contributed by atoms with E-state index < -0.39 is 0 Å². The van der Waals surface area contributed by atoms with Gasteiger partial charge in [-0.15, -0.1) is 0 Å². The van der Waals surface area contributed by atoms with Gasteiger partial charge in [0.1, 0.15) is 5.75 Å². The van der Waals surface area contributed by atoms with Crippen LogP contribution in [0.3, 0.4) is 0 Å². The summed E-state index contributed by atoms with van der Waals surface area (Å²) < 4.78 is 12.0. The van der Waals surface area contributed by atoms with Gasteiger partial charge in [-0.05, 0) is 37.1 Å². The Labute approximate surface area is 124 Å². The Morgan fingerprint density at radius 2 is 2.00 bits per heavy atom. The van der Waals surface area contributed by atoms with Crippen molar-refractivity contribution in [2.24, 2.45) is 0 Å². The number of nitrogens with zero attached hydrogens (tertiary/aromatic N) is 2. The number of hydrogen-bond donors (Lipinski definition) is 0. The largest absolute Gasteiger partial charge is 0.497 e. The van der Waals surface area contributed by atoms with Crippen molar-refractivity contribution in [3.63, 3.8) is 0 Å². The number of methoxy groups -OCH3 is 1. The quantitative estimate of drug-likeness (QED) is 0.734. The SMILES string of the molecule is CCOC(=O)CCc1ccnn1Cc1ccc(OC)cc1. The molecule has 0 unspecified atom stereocenters. The molecule has 0 atom stereocenters. The average Bonchev–Trinajstić information content (AvgIpc) is 2.93. The maximum absolute atomic E-state index is 11.4. The zero-order valence-electron chi connectivity index (χ0n) is 12.4. The van der Waals surface area contributed by atoms with Crippen LogP contribution in [0.15, 0.2) is 36.5 Å². The average molecular weight is 288 g/mol. The second-order valence-corrected chi connectivity index (χ2v) is 4.63. The van der Waals surface area contributed by atoms with E-state index in [2.05, 4.69) is 5.10 Å². The van der Waals surface area contributed by atoms with Gasteiger partial charge in [0.15, 0.2) is 0 Å². The van der Waals surface area contributed by atoms with Gasteiger partial charge in [-0.3, -0.25) is 9.48 Å². The lowest BCUT2D eigenvalue weighted by atomic mass is 10.2. The van der Waals surface area contributed by atoms with Crippen molar-refractivity contribution in [2.75, 3.05) is 13.7 Å². The molecule has 0 radical (unpaired) electrons. The van der Waals surface area contributed by atoms with Gasteiger partial charge in [0, 0.05) is 11.9 Å². The molecule has 0 N–H and O–H groups in total. The molecule has 21 heavy (non-hydrogen) atoms. The fourth-order valence-electron chi connectivity index (χ4n) is 2.08. The first-order chi connectivity index (χ1) is 10.2. The van der Waals surface area contributed by atoms with Crippen molar-refractivity contribution in [1.82, 2.24) is 9.78 Å². The van der Waals surface area contributed by atoms with E-state index in [0.717, 1.165) is 17.0 Å². The predicted molar refractivity (Wildman–Crippen MR) is 79.3 cm³/mol. The van der Waals surface area contributed by atoms with Crippen LogP contribution >= 0.6 is 0 Å². The van der Waals surface area contributed by atoms with Gasteiger partial charge < -0.3 is 9.47 Å². The summed E-state index contributed by atoms with van der Waals surface area (Å²) in [5.74, 6) is 0.663. The molecule has 0 amide bonds. The van der Waals surface area contributed by atoms with Crippen molar-refractivity contribution in [3.05, 3.63) is 47.8 Å². The Balaban J connectivity index is 1.97. The number of aromatic nitrogens is 2. The Hall–Kier alpha value is -2.30. The van der Waals surface area contributed by atoms with E-state index in [1.807, 2.05) is 41.9 Å². The van der Waals surface area contributed by atoms with Crippen LogP contribution in [0.5, 0.6) is 5.75 Å². The van der Waals surface area contributed by atoms with Crippen molar-refractivity contribution >= 4 is 5.97 Å². The highest BCUT2D eigenvalue weighted by Crippen LogP contribution is 2.13. The summed E-state index contributed by atoms with van der Waals surface area (Å²) in [5, 5.41) is 4.31. The molecule has 0 aliphatic rings. The minimum Gasteiger partial charge on any atom is -0.497 e. The zero-order valence-corrected chi connectivity index (χ0v) is 12.4. The Kier molecular flexibility index (Phi) is 5.37. The summed E-state index contributed by atoms with van der Waals surface area (Å²) >= 11 is 0. The van der Waals surface area contributed by atoms with Crippen LogP contribution in [-0.2, 0) is 22.5 Å². The van der Waals surface area contributed by atoms with E-state index in [1.54, 1.807) is 13.3 Å². The number of esters is 1. The molecule has 5 nitrogen and oxygen atoms in total. The monoisotopic (exact) mass is 288 g/mol. The highest BCUT2D eigenvalue weighted by atomic mass is 16.5. The molecule has 1 heterocycles. The molecule has 0 bridgehead atoms. The molecular weight excluding hydrogens is 268 g/mol. The Bertz CT molecular complexity index is 575. The van der Waals surface area contributed by atoms with E-state index in [-0.39, 0.29) is 5.97 Å². The summed E-state index contributed by atoms with van der Waals surface area (Å²) in [6.45, 7) is 2.91. The van der Waals surface area contributed by atoms with Crippen molar-refractivity contribution in [2.45, 2.75) is 26.3 Å². The van der Waals surface area contributed by atoms with Crippen LogP contribution in [0.25, 0.3) is 0 Å². The minimum absolute atomic E-state index is 0.172. The third-order valence-electron chi connectivity index (χ3n) is 3.19. The minimum atomic E-state index is -0.172. The molecule has 2 rings (SSSR count). The standard InChI is InChI=1S/C16H20N2O3/c1-3-21-16(19)9-6-14-10-11-17-18(14)12-13-4-7-15(20-2)8-5-13/h4-5,7-8,10-11H,3,6,9,12H2,1-2H3. The lowest BCUT2D eigenvalue weighted by Gasteiger charge is -2.08. The fraction of sp³-hybridized carbons (Fsp3) is 0.375. The van der Waals surface area contributed by atoms with Crippen LogP contribution in [-0.4, -0.2) is 29.5 Å². The zero-order chi connectivity index (χ0) is 15.1. The van der Waals surface area contributed by atoms with E-state index >= 15 is 0 Å². The second kappa shape index (κ2) is 7.47. The van der Waals surface area contributed by atoms with Gasteiger partial charge in [0.2, 0.25) is 0 Å². The summed E-state index contributed by atoms with van der Waals surface area (Å²) in [4.78, 5) is 11.4. The third-order valence-corrected chi connectivity index (χ3v) is 3.19. The van der Waals surface area contributed by atoms with Gasteiger partial charge in [0.05, 0.1) is 26.7 Å². The number of hydrogen-bond acceptors (Lipinski definition) is 4. The Morgan fingerprint density at radius 3 is 2.67 bits per heavy atom. The molecule has 0 aliphatic carbocycles. The fourth-order valence-corrected chi connectivity index (χ4v) is 2.08. The van der Waals surface area contributed by atoms with Crippen LogP contribution in [0.4, 0.5) is 0 Å². The first-order valence-electron chi connectivity index (χ1n) is 7.02. The van der Waals surface area contributed by atoms with Crippen LogP contribution in [0.2, 0.25) is 0 Å². The van der Waals surface area contributed by atoms with Crippen molar-refractivity contribution in [1.29, 1.82) is 0 Å². The van der Waals surface area contributed by atoms with E-state index in [4.69, 9.17) is 9.47 Å². The van der Waals surface area contributed by atoms with E-state index in [1.165, 1.54) is 0 Å². The van der Waals surface area contributed by atoms with Gasteiger partial charge in [-0.2, -0.15) is 5.10 Å². The van der Waals surface area contributed by atoms with E-state index in [0.29, 0.717) is 26.0 Å². The molecule has 0 aliphatic heterocycles. The second-order valence-electron chi connectivity index (χ2n) is 4.63. The number of carbonyl (C=O) groups is 1. The van der Waals surface area contributed by atoms with Gasteiger partial charge in [-0.25, -0.2) is 0 Å². The van der Waals surface area contributed by atoms with Gasteiger partial charge in [-0.1, -0.05) is 12.1 Å². The molecule has 1 aromatic heterocycles. The summed E-state index contributed by atoms with van der Waals surface area (Å²) in [5.41, 5.74) is 2.16. The topological polar surface area (TPSA) is 53.3 Å². The number of aryl methyl sites for hydroxylation is 1. The van der Waals surface area contributed by atoms with Crippen molar-refractivity contribution in [3.8, 4) is 5.75 Å². The summed E-state index contributed by atoms with van der Waals surface area (Å²) in [7, 11) is 1.65. The first-order valence-corrected chi connectivity index (χ1v) is 7.02. The van der Waals surface area contributed by atoms with E-state index in [9.17, 15) is 4.79 Å². The molecule has 0 fully saturated rings. The third kappa shape index (κ3) is 4.34. The molecule has 0 spiro atoms. The smallest absolute Gasteiger partial charge is 0.306 e. The Morgan fingerprint density at radius 1 is 1.24 bits per heavy atom. The summed E-state index contributed by atoms with van der Waals surface area (Å²) in [6, 6.07) is 9.81. The molecule has 0 saturated carbocycles. The maximum Gasteiger partial charge on any atom is 0.306 e. The highest BCUT2D eigenvalue weighted by Gasteiger charge is 2.07. The number of carbonyl (C=O) groups excluding carboxylic acids is 1. The van der Waals surface area contributed by atoms with Crippen LogP contribution < -0.4 is 4.74 Å². The molecular formula is C16H20N2O3. The molecule has 5 heteroatoms. The molecule has 0 saturated heterocycles. The van der Waals surface area contributed by atoms with Gasteiger partial charge in [0.25, 0.3) is 0 Å². The lowest BCUT2D eigenvalue weighted by Crippen LogP contribution is -2.10.